The molecule has 0 aliphatic heterocycles. The molecule has 0 aliphatic rings. The van der Waals surface area contributed by atoms with Gasteiger partial charge < -0.3 is 9.64 Å². The molecule has 2 heteroatoms. The minimum Gasteiger partial charge on any atom is -0.493 e. The van der Waals surface area contributed by atoms with Gasteiger partial charge in [0, 0.05) is 0 Å². The van der Waals surface area contributed by atoms with E-state index in [9.17, 15) is 0 Å². The van der Waals surface area contributed by atoms with Crippen LogP contribution in [-0.4, -0.2) is 32.1 Å². The van der Waals surface area contributed by atoms with Crippen LogP contribution in [0.3, 0.4) is 0 Å². The van der Waals surface area contributed by atoms with Gasteiger partial charge in [0.2, 0.25) is 0 Å². The van der Waals surface area contributed by atoms with Gasteiger partial charge in [-0.2, -0.15) is 0 Å². The molecule has 0 aliphatic carbocycles. The van der Waals surface area contributed by atoms with Crippen molar-refractivity contribution in [2.24, 2.45) is 0 Å². The zero-order valence-corrected chi connectivity index (χ0v) is 12.3. The quantitative estimate of drug-likeness (QED) is 0.699. The molecule has 1 aromatic rings. The van der Waals surface area contributed by atoms with Crippen molar-refractivity contribution in [3.63, 3.8) is 0 Å². The molecule has 0 spiro atoms. The number of hydrogen-bond acceptors (Lipinski definition) is 2. The number of hydrogen-bond donors (Lipinski definition) is 0. The van der Waals surface area contributed by atoms with Gasteiger partial charge in [0.05, 0.1) is 6.61 Å². The molecule has 0 saturated carbocycles. The summed E-state index contributed by atoms with van der Waals surface area (Å²) in [5, 5.41) is 0. The Labute approximate surface area is 112 Å². The van der Waals surface area contributed by atoms with Crippen LogP contribution in [0.25, 0.3) is 0 Å². The van der Waals surface area contributed by atoms with Gasteiger partial charge in [-0.25, -0.2) is 0 Å². The van der Waals surface area contributed by atoms with Crippen LogP contribution in [0.5, 0.6) is 5.75 Å². The van der Waals surface area contributed by atoms with Crippen LogP contribution in [0.1, 0.15) is 37.8 Å². The van der Waals surface area contributed by atoms with E-state index in [1.165, 1.54) is 17.5 Å². The summed E-state index contributed by atoms with van der Waals surface area (Å²) in [4.78, 5) is 2.23. The van der Waals surface area contributed by atoms with Crippen molar-refractivity contribution in [3.8, 4) is 5.75 Å². The molecule has 0 unspecified atom stereocenters. The molecule has 1 aromatic carbocycles. The highest BCUT2D eigenvalue weighted by Crippen LogP contribution is 2.22. The Hall–Kier alpha value is -1.02. The van der Waals surface area contributed by atoms with Gasteiger partial charge in [-0.1, -0.05) is 26.0 Å². The van der Waals surface area contributed by atoms with Crippen LogP contribution < -0.4 is 4.74 Å². The number of ether oxygens (including phenoxy) is 1. The summed E-state index contributed by atoms with van der Waals surface area (Å²) in [6.07, 6.45) is 4.44. The van der Waals surface area contributed by atoms with Gasteiger partial charge in [0.25, 0.3) is 0 Å². The zero-order valence-electron chi connectivity index (χ0n) is 12.3. The Kier molecular flexibility index (Phi) is 6.81. The highest BCUT2D eigenvalue weighted by atomic mass is 16.5. The van der Waals surface area contributed by atoms with Gasteiger partial charge in [-0.3, -0.25) is 0 Å². The first-order valence-electron chi connectivity index (χ1n) is 7.06. The molecule has 1 rings (SSSR count). The second-order valence-electron chi connectivity index (χ2n) is 5.05. The van der Waals surface area contributed by atoms with Crippen molar-refractivity contribution in [1.29, 1.82) is 0 Å². The standard InChI is InChI=1S/C16H27NO/c1-5-12-18-16-10-9-14(6-2)13-15(16)8-7-11-17(3)4/h9-10,13H,5-8,11-12H2,1-4H3. The van der Waals surface area contributed by atoms with Gasteiger partial charge in [0.1, 0.15) is 5.75 Å². The lowest BCUT2D eigenvalue weighted by atomic mass is 10.0. The van der Waals surface area contributed by atoms with Gasteiger partial charge in [0.15, 0.2) is 0 Å². The lowest BCUT2D eigenvalue weighted by molar-refractivity contribution is 0.313. The summed E-state index contributed by atoms with van der Waals surface area (Å²) in [5.74, 6) is 1.08. The van der Waals surface area contributed by atoms with Crippen molar-refractivity contribution in [1.82, 2.24) is 4.90 Å². The molecule has 0 amide bonds. The van der Waals surface area contributed by atoms with E-state index in [1.807, 2.05) is 0 Å². The van der Waals surface area contributed by atoms with E-state index >= 15 is 0 Å². The van der Waals surface area contributed by atoms with Crippen molar-refractivity contribution in [2.75, 3.05) is 27.2 Å². The molecule has 18 heavy (non-hydrogen) atoms. The van der Waals surface area contributed by atoms with Crippen molar-refractivity contribution < 1.29 is 4.74 Å². The molecule has 0 fully saturated rings. The van der Waals surface area contributed by atoms with Crippen molar-refractivity contribution >= 4 is 0 Å². The Balaban J connectivity index is 2.69. The van der Waals surface area contributed by atoms with Gasteiger partial charge in [-0.15, -0.1) is 0 Å². The predicted molar refractivity (Wildman–Crippen MR) is 78.5 cm³/mol. The van der Waals surface area contributed by atoms with Crippen LogP contribution in [0, 0.1) is 0 Å². The van der Waals surface area contributed by atoms with Crippen molar-refractivity contribution in [3.05, 3.63) is 29.3 Å². The Morgan fingerprint density at radius 1 is 1.17 bits per heavy atom. The van der Waals surface area contributed by atoms with E-state index in [0.29, 0.717) is 0 Å². The third-order valence-electron chi connectivity index (χ3n) is 3.05. The molecule has 2 nitrogen and oxygen atoms in total. The average molecular weight is 249 g/mol. The third-order valence-corrected chi connectivity index (χ3v) is 3.05. The maximum absolute atomic E-state index is 5.83. The Morgan fingerprint density at radius 3 is 2.56 bits per heavy atom. The zero-order chi connectivity index (χ0) is 13.4. The largest absolute Gasteiger partial charge is 0.493 e. The number of aryl methyl sites for hydroxylation is 2. The van der Waals surface area contributed by atoms with Crippen LogP contribution in [0.2, 0.25) is 0 Å². The maximum Gasteiger partial charge on any atom is 0.122 e. The molecular weight excluding hydrogens is 222 g/mol. The summed E-state index contributed by atoms with van der Waals surface area (Å²) < 4.78 is 5.83. The van der Waals surface area contributed by atoms with Crippen LogP contribution in [-0.2, 0) is 12.8 Å². The Morgan fingerprint density at radius 2 is 1.94 bits per heavy atom. The number of nitrogens with zero attached hydrogens (tertiary/aromatic N) is 1. The van der Waals surface area contributed by atoms with Crippen LogP contribution in [0.15, 0.2) is 18.2 Å². The van der Waals surface area contributed by atoms with E-state index < -0.39 is 0 Å². The predicted octanol–water partition coefficient (Wildman–Crippen LogP) is 3.53. The van der Waals surface area contributed by atoms with Crippen molar-refractivity contribution in [2.45, 2.75) is 39.5 Å². The molecule has 0 radical (unpaired) electrons. The minimum atomic E-state index is 0.812. The van der Waals surface area contributed by atoms with E-state index in [4.69, 9.17) is 4.74 Å². The normalized spacial score (nSPS) is 10.9. The fourth-order valence-electron chi connectivity index (χ4n) is 1.99. The van der Waals surface area contributed by atoms with Crippen LogP contribution >= 0.6 is 0 Å². The summed E-state index contributed by atoms with van der Waals surface area (Å²) >= 11 is 0. The fraction of sp³-hybridized carbons (Fsp3) is 0.625. The minimum absolute atomic E-state index is 0.812. The summed E-state index contributed by atoms with van der Waals surface area (Å²) in [6.45, 7) is 6.29. The van der Waals surface area contributed by atoms with E-state index in [2.05, 4.69) is 51.0 Å². The first-order valence-corrected chi connectivity index (χ1v) is 7.06. The fourth-order valence-corrected chi connectivity index (χ4v) is 1.99. The lowest BCUT2D eigenvalue weighted by Gasteiger charge is -2.14. The summed E-state index contributed by atoms with van der Waals surface area (Å²) in [6, 6.07) is 6.63. The van der Waals surface area contributed by atoms with Gasteiger partial charge in [-0.05, 0) is 63.5 Å². The highest BCUT2D eigenvalue weighted by Gasteiger charge is 2.05. The number of rotatable bonds is 8. The van der Waals surface area contributed by atoms with E-state index in [1.54, 1.807) is 0 Å². The first kappa shape index (κ1) is 15.0. The molecule has 0 N–H and O–H groups in total. The third kappa shape index (κ3) is 5.09. The Bertz CT molecular complexity index is 347. The SMILES string of the molecule is CCCOc1ccc(CC)cc1CCCN(C)C. The maximum atomic E-state index is 5.83. The molecule has 102 valence electrons. The summed E-state index contributed by atoms with van der Waals surface area (Å²) in [7, 11) is 4.24. The van der Waals surface area contributed by atoms with Crippen LogP contribution in [0.4, 0.5) is 0 Å². The first-order chi connectivity index (χ1) is 8.67. The molecule has 0 aromatic heterocycles. The number of benzene rings is 1. The molecule has 0 bridgehead atoms. The lowest BCUT2D eigenvalue weighted by Crippen LogP contribution is -2.13. The monoisotopic (exact) mass is 249 g/mol. The highest BCUT2D eigenvalue weighted by molar-refractivity contribution is 5.37. The second-order valence-corrected chi connectivity index (χ2v) is 5.05. The molecule has 0 saturated heterocycles. The average Bonchev–Trinajstić information content (AvgIpc) is 2.36. The smallest absolute Gasteiger partial charge is 0.122 e. The summed E-state index contributed by atoms with van der Waals surface area (Å²) in [5.41, 5.74) is 2.77. The van der Waals surface area contributed by atoms with E-state index in [-0.39, 0.29) is 0 Å². The second kappa shape index (κ2) is 8.15. The molecule has 0 heterocycles. The van der Waals surface area contributed by atoms with Gasteiger partial charge >= 0.3 is 0 Å². The van der Waals surface area contributed by atoms with E-state index in [0.717, 1.165) is 38.2 Å². The molecule has 0 atom stereocenters. The molecular formula is C16H27NO. The topological polar surface area (TPSA) is 12.5 Å².